The summed E-state index contributed by atoms with van der Waals surface area (Å²) >= 11 is 0. The number of nitrogens with zero attached hydrogens (tertiary/aromatic N) is 1. The molecule has 1 aliphatic carbocycles. The van der Waals surface area contributed by atoms with E-state index in [1.165, 1.54) is 5.56 Å². The largest absolute Gasteiger partial charge is 0.497 e. The zero-order chi connectivity index (χ0) is 22.9. The normalized spacial score (nSPS) is 15.1. The molecule has 0 aliphatic heterocycles. The van der Waals surface area contributed by atoms with Crippen molar-refractivity contribution in [3.63, 3.8) is 0 Å². The summed E-state index contributed by atoms with van der Waals surface area (Å²) in [5, 5.41) is 21.1. The van der Waals surface area contributed by atoms with Crippen LogP contribution in [0.5, 0.6) is 11.5 Å². The van der Waals surface area contributed by atoms with Crippen molar-refractivity contribution in [1.82, 2.24) is 4.98 Å². The molecule has 0 spiro atoms. The van der Waals surface area contributed by atoms with E-state index in [1.807, 2.05) is 30.3 Å². The van der Waals surface area contributed by atoms with Crippen molar-refractivity contribution in [3.05, 3.63) is 83.6 Å². The van der Waals surface area contributed by atoms with Gasteiger partial charge in [-0.05, 0) is 70.8 Å². The first-order chi connectivity index (χ1) is 16.0. The molecule has 6 nitrogen and oxygen atoms in total. The highest BCUT2D eigenvalue weighted by atomic mass is 16.5. The van der Waals surface area contributed by atoms with Gasteiger partial charge in [0.25, 0.3) is 0 Å². The number of nitrogens with two attached hydrogens (primary N) is 1. The Morgan fingerprint density at radius 2 is 1.94 bits per heavy atom. The Morgan fingerprint density at radius 1 is 1.06 bits per heavy atom. The Kier molecular flexibility index (Phi) is 5.62. The number of hydrogen-bond acceptors (Lipinski definition) is 6. The van der Waals surface area contributed by atoms with Gasteiger partial charge >= 0.3 is 0 Å². The third-order valence-electron chi connectivity index (χ3n) is 6.26. The number of anilines is 1. The van der Waals surface area contributed by atoms with Crippen molar-refractivity contribution in [2.75, 3.05) is 12.8 Å². The number of pyridine rings is 1. The molecule has 1 heterocycles. The van der Waals surface area contributed by atoms with E-state index in [4.69, 9.17) is 15.2 Å². The van der Waals surface area contributed by atoms with Crippen LogP contribution < -0.4 is 15.2 Å². The monoisotopic (exact) mass is 442 g/mol. The number of rotatable bonds is 6. The summed E-state index contributed by atoms with van der Waals surface area (Å²) in [5.74, 6) is 1.81. The summed E-state index contributed by atoms with van der Waals surface area (Å²) in [7, 11) is 1.58. The average molecular weight is 443 g/mol. The number of hydrogen-bond donors (Lipinski definition) is 3. The molecule has 1 aliphatic rings. The molecule has 1 atom stereocenters. The smallest absolute Gasteiger partial charge is 0.155 e. The van der Waals surface area contributed by atoms with E-state index in [9.17, 15) is 10.2 Å². The molecule has 4 aromatic rings. The molecule has 0 fully saturated rings. The summed E-state index contributed by atoms with van der Waals surface area (Å²) in [6, 6.07) is 20.0. The van der Waals surface area contributed by atoms with Gasteiger partial charge in [-0.15, -0.1) is 0 Å². The van der Waals surface area contributed by atoms with E-state index >= 15 is 0 Å². The maximum absolute atomic E-state index is 9.53. The summed E-state index contributed by atoms with van der Waals surface area (Å²) in [6.07, 6.45) is 2.01. The average Bonchev–Trinajstić information content (AvgIpc) is 3.22. The highest BCUT2D eigenvalue weighted by Crippen LogP contribution is 2.40. The molecule has 168 valence electrons. The SMILES string of the molecule is COc1ccc(O[C@@H]2CCc3ccc(-c4cccc5c(N)nccc45)cc32)c(CC(O)O)c1. The number of aryl methyl sites for hydroxylation is 1. The fourth-order valence-corrected chi connectivity index (χ4v) is 4.64. The molecule has 0 unspecified atom stereocenters. The Hall–Kier alpha value is -3.61. The van der Waals surface area contributed by atoms with Gasteiger partial charge in [-0.25, -0.2) is 4.98 Å². The maximum atomic E-state index is 9.53. The first-order valence-corrected chi connectivity index (χ1v) is 11.0. The molecule has 3 aromatic carbocycles. The van der Waals surface area contributed by atoms with E-state index in [0.29, 0.717) is 22.9 Å². The standard InChI is InChI=1S/C27H26N2O4/c1-32-19-8-10-24(18(13-19)15-26(30)31)33-25-9-7-16-5-6-17(14-23(16)25)20-3-2-4-22-21(20)11-12-29-27(22)28/h2-6,8,10-14,25-26,30-31H,7,9,15H2,1H3,(H2,28,29)/t25-/m1/s1. The molecule has 5 rings (SSSR count). The van der Waals surface area contributed by atoms with Gasteiger partial charge in [-0.1, -0.05) is 30.3 Å². The van der Waals surface area contributed by atoms with Crippen LogP contribution in [0.25, 0.3) is 21.9 Å². The van der Waals surface area contributed by atoms with Gasteiger partial charge in [0.1, 0.15) is 23.4 Å². The van der Waals surface area contributed by atoms with Crippen molar-refractivity contribution >= 4 is 16.6 Å². The minimum absolute atomic E-state index is 0.0671. The van der Waals surface area contributed by atoms with Crippen molar-refractivity contribution < 1.29 is 19.7 Å². The van der Waals surface area contributed by atoms with Crippen molar-refractivity contribution in [2.45, 2.75) is 31.7 Å². The molecule has 0 bridgehead atoms. The van der Waals surface area contributed by atoms with Crippen LogP contribution in [0, 0.1) is 0 Å². The predicted octanol–water partition coefficient (Wildman–Crippen LogP) is 4.41. The zero-order valence-corrected chi connectivity index (χ0v) is 18.4. The molecular weight excluding hydrogens is 416 g/mol. The molecule has 0 radical (unpaired) electrons. The van der Waals surface area contributed by atoms with Gasteiger partial charge < -0.3 is 25.4 Å². The predicted molar refractivity (Wildman–Crippen MR) is 128 cm³/mol. The minimum Gasteiger partial charge on any atom is -0.497 e. The number of aliphatic hydroxyl groups is 2. The number of benzene rings is 3. The lowest BCUT2D eigenvalue weighted by Gasteiger charge is -2.20. The van der Waals surface area contributed by atoms with Gasteiger partial charge in [0.05, 0.1) is 7.11 Å². The molecule has 4 N–H and O–H groups in total. The third kappa shape index (κ3) is 4.11. The quantitative estimate of drug-likeness (QED) is 0.383. The summed E-state index contributed by atoms with van der Waals surface area (Å²) < 4.78 is 11.7. The fraction of sp³-hybridized carbons (Fsp3) is 0.222. The summed E-state index contributed by atoms with van der Waals surface area (Å²) in [5.41, 5.74) is 11.4. The molecule has 0 amide bonds. The van der Waals surface area contributed by atoms with Crippen LogP contribution >= 0.6 is 0 Å². The van der Waals surface area contributed by atoms with Crippen LogP contribution in [0.1, 0.15) is 29.2 Å². The van der Waals surface area contributed by atoms with Crippen molar-refractivity contribution in [3.8, 4) is 22.6 Å². The van der Waals surface area contributed by atoms with Crippen LogP contribution in [-0.4, -0.2) is 28.6 Å². The number of methoxy groups -OCH3 is 1. The summed E-state index contributed by atoms with van der Waals surface area (Å²) in [6.45, 7) is 0. The number of aliphatic hydroxyl groups excluding tert-OH is 1. The molecular formula is C27H26N2O4. The van der Waals surface area contributed by atoms with Crippen LogP contribution in [-0.2, 0) is 12.8 Å². The second-order valence-electron chi connectivity index (χ2n) is 8.31. The molecule has 6 heteroatoms. The van der Waals surface area contributed by atoms with Gasteiger partial charge in [0.2, 0.25) is 0 Å². The van der Waals surface area contributed by atoms with Crippen LogP contribution in [0.2, 0.25) is 0 Å². The lowest BCUT2D eigenvalue weighted by molar-refractivity contribution is -0.0387. The fourth-order valence-electron chi connectivity index (χ4n) is 4.64. The van der Waals surface area contributed by atoms with E-state index in [-0.39, 0.29) is 12.5 Å². The van der Waals surface area contributed by atoms with Crippen molar-refractivity contribution in [1.29, 1.82) is 0 Å². The lowest BCUT2D eigenvalue weighted by Crippen LogP contribution is -2.11. The van der Waals surface area contributed by atoms with Crippen LogP contribution in [0.4, 0.5) is 5.82 Å². The molecule has 0 saturated carbocycles. The van der Waals surface area contributed by atoms with Gasteiger partial charge in [-0.3, -0.25) is 0 Å². The Bertz CT molecular complexity index is 1320. The molecule has 33 heavy (non-hydrogen) atoms. The second kappa shape index (κ2) is 8.73. The zero-order valence-electron chi connectivity index (χ0n) is 18.4. The highest BCUT2D eigenvalue weighted by Gasteiger charge is 2.26. The molecule has 0 saturated heterocycles. The van der Waals surface area contributed by atoms with Gasteiger partial charge in [0, 0.05) is 23.6 Å². The molecule has 1 aromatic heterocycles. The van der Waals surface area contributed by atoms with Gasteiger partial charge in [0.15, 0.2) is 6.29 Å². The maximum Gasteiger partial charge on any atom is 0.155 e. The number of nitrogen functional groups attached to an aromatic ring is 1. The number of fused-ring (bicyclic) bond motifs is 2. The highest BCUT2D eigenvalue weighted by molar-refractivity contribution is 6.01. The van der Waals surface area contributed by atoms with Crippen molar-refractivity contribution in [2.24, 2.45) is 0 Å². The van der Waals surface area contributed by atoms with Gasteiger partial charge in [-0.2, -0.15) is 0 Å². The van der Waals surface area contributed by atoms with E-state index < -0.39 is 6.29 Å². The lowest BCUT2D eigenvalue weighted by atomic mass is 9.96. The summed E-state index contributed by atoms with van der Waals surface area (Å²) in [4.78, 5) is 4.21. The van der Waals surface area contributed by atoms with E-state index in [2.05, 4.69) is 29.2 Å². The first-order valence-electron chi connectivity index (χ1n) is 11.0. The second-order valence-corrected chi connectivity index (χ2v) is 8.31. The Balaban J connectivity index is 1.51. The minimum atomic E-state index is -1.46. The van der Waals surface area contributed by atoms with Crippen LogP contribution in [0.15, 0.2) is 66.9 Å². The topological polar surface area (TPSA) is 97.8 Å². The van der Waals surface area contributed by atoms with E-state index in [0.717, 1.165) is 40.3 Å². The first kappa shape index (κ1) is 21.2. The van der Waals surface area contributed by atoms with E-state index in [1.54, 1.807) is 19.4 Å². The number of aromatic nitrogens is 1. The van der Waals surface area contributed by atoms with Crippen LogP contribution in [0.3, 0.4) is 0 Å². The third-order valence-corrected chi connectivity index (χ3v) is 6.26. The Labute approximate surface area is 192 Å². The number of ether oxygens (including phenoxy) is 2. The Morgan fingerprint density at radius 3 is 2.76 bits per heavy atom.